The van der Waals surface area contributed by atoms with E-state index in [4.69, 9.17) is 14.2 Å². The molecule has 1 aromatic carbocycles. The highest BCUT2D eigenvalue weighted by atomic mass is 16.6. The Morgan fingerprint density at radius 3 is 2.46 bits per heavy atom. The number of ether oxygens (including phenoxy) is 3. The first-order chi connectivity index (χ1) is 11.3. The highest BCUT2D eigenvalue weighted by Crippen LogP contribution is 2.44. The Morgan fingerprint density at radius 2 is 1.79 bits per heavy atom. The van der Waals surface area contributed by atoms with E-state index in [1.54, 1.807) is 6.92 Å². The molecule has 1 amide bonds. The molecule has 3 rings (SSSR count). The van der Waals surface area contributed by atoms with Gasteiger partial charge in [-0.05, 0) is 19.1 Å². The first-order valence-corrected chi connectivity index (χ1v) is 7.15. The van der Waals surface area contributed by atoms with Crippen molar-refractivity contribution in [3.05, 3.63) is 17.7 Å². The van der Waals surface area contributed by atoms with Crippen LogP contribution in [0.3, 0.4) is 0 Å². The molecule has 2 N–H and O–H groups in total. The van der Waals surface area contributed by atoms with E-state index >= 15 is 0 Å². The fourth-order valence-electron chi connectivity index (χ4n) is 2.44. The molecule has 1 atom stereocenters. The van der Waals surface area contributed by atoms with Crippen molar-refractivity contribution in [2.75, 3.05) is 6.54 Å². The molecule has 2 aliphatic rings. The van der Waals surface area contributed by atoms with E-state index in [1.807, 2.05) is 0 Å². The first kappa shape index (κ1) is 15.9. The molecule has 2 heterocycles. The predicted octanol–water partition coefficient (Wildman–Crippen LogP) is -0.309. The zero-order valence-electron chi connectivity index (χ0n) is 12.6. The molecule has 24 heavy (non-hydrogen) atoms. The normalized spacial score (nSPS) is 22.3. The van der Waals surface area contributed by atoms with Crippen LogP contribution in [-0.4, -0.2) is 41.1 Å². The van der Waals surface area contributed by atoms with Crippen LogP contribution in [0.15, 0.2) is 12.1 Å². The summed E-state index contributed by atoms with van der Waals surface area (Å²) in [4.78, 5) is 48.2. The number of nitrogens with one attached hydrogen (secondary N) is 1. The Bertz CT molecular complexity index is 771. The number of amides is 1. The number of esters is 3. The van der Waals surface area contributed by atoms with E-state index < -0.39 is 48.0 Å². The molecule has 9 nitrogen and oxygen atoms in total. The van der Waals surface area contributed by atoms with Gasteiger partial charge in [-0.15, -0.1) is 0 Å². The van der Waals surface area contributed by atoms with Gasteiger partial charge in [0, 0.05) is 6.54 Å². The number of hydrogen-bond acceptors (Lipinski definition) is 8. The molecule has 2 aliphatic heterocycles. The molecule has 126 valence electrons. The molecular formula is C15H13NO8. The SMILES string of the molecule is CCNC(=O)c1ccc2c3c1OC(=O)CC(O)(CC(=O)O2)C(=O)O3. The van der Waals surface area contributed by atoms with Crippen molar-refractivity contribution in [1.29, 1.82) is 0 Å². The van der Waals surface area contributed by atoms with Gasteiger partial charge in [0.15, 0.2) is 17.1 Å². The Hall–Kier alpha value is -2.94. The molecule has 0 spiro atoms. The van der Waals surface area contributed by atoms with Gasteiger partial charge >= 0.3 is 17.9 Å². The number of carbonyl (C=O) groups excluding carboxylic acids is 4. The van der Waals surface area contributed by atoms with Gasteiger partial charge in [0.2, 0.25) is 5.75 Å². The molecule has 2 bridgehead atoms. The number of rotatable bonds is 2. The van der Waals surface area contributed by atoms with Gasteiger partial charge < -0.3 is 24.6 Å². The lowest BCUT2D eigenvalue weighted by atomic mass is 9.94. The maximum atomic E-state index is 12.2. The van der Waals surface area contributed by atoms with Gasteiger partial charge in [-0.1, -0.05) is 0 Å². The van der Waals surface area contributed by atoms with Crippen LogP contribution in [0.25, 0.3) is 0 Å². The lowest BCUT2D eigenvalue weighted by molar-refractivity contribution is -0.170. The summed E-state index contributed by atoms with van der Waals surface area (Å²) >= 11 is 0. The van der Waals surface area contributed by atoms with Crippen LogP contribution in [-0.2, 0) is 14.4 Å². The zero-order valence-corrected chi connectivity index (χ0v) is 12.6. The second kappa shape index (κ2) is 5.60. The monoisotopic (exact) mass is 335 g/mol. The Labute approximate surface area is 135 Å². The van der Waals surface area contributed by atoms with Crippen LogP contribution in [0, 0.1) is 0 Å². The van der Waals surface area contributed by atoms with Crippen molar-refractivity contribution in [3.63, 3.8) is 0 Å². The number of carbonyl (C=O) groups is 4. The highest BCUT2D eigenvalue weighted by molar-refractivity contribution is 6.02. The molecule has 0 fully saturated rings. The van der Waals surface area contributed by atoms with Crippen LogP contribution < -0.4 is 19.5 Å². The van der Waals surface area contributed by atoms with Gasteiger partial charge in [-0.2, -0.15) is 0 Å². The smallest absolute Gasteiger partial charge is 0.345 e. The van der Waals surface area contributed by atoms with Gasteiger partial charge in [0.05, 0.1) is 18.4 Å². The predicted molar refractivity (Wildman–Crippen MR) is 75.5 cm³/mol. The quantitative estimate of drug-likeness (QED) is 0.556. The average molecular weight is 335 g/mol. The summed E-state index contributed by atoms with van der Waals surface area (Å²) in [5.74, 6) is -4.57. The van der Waals surface area contributed by atoms with Gasteiger partial charge in [0.25, 0.3) is 5.91 Å². The standard InChI is InChI=1S/C15H13NO8/c1-2-16-13(19)7-3-4-8-12-11(7)23-10(18)6-15(21,14(20)24-12)5-9(17)22-8/h3-4,21H,2,5-6H2,1H3,(H,16,19). The van der Waals surface area contributed by atoms with Crippen molar-refractivity contribution in [1.82, 2.24) is 5.32 Å². The highest BCUT2D eigenvalue weighted by Gasteiger charge is 2.48. The fraction of sp³-hybridized carbons (Fsp3) is 0.333. The van der Waals surface area contributed by atoms with Gasteiger partial charge in [-0.3, -0.25) is 14.4 Å². The summed E-state index contributed by atoms with van der Waals surface area (Å²) in [7, 11) is 0. The lowest BCUT2D eigenvalue weighted by Gasteiger charge is -2.30. The summed E-state index contributed by atoms with van der Waals surface area (Å²) in [6.07, 6.45) is -1.56. The molecule has 0 saturated carbocycles. The largest absolute Gasteiger partial charge is 0.422 e. The third kappa shape index (κ3) is 2.58. The van der Waals surface area contributed by atoms with Crippen LogP contribution in [0.1, 0.15) is 30.1 Å². The topological polar surface area (TPSA) is 128 Å². The molecule has 0 radical (unpaired) electrons. The minimum atomic E-state index is -2.38. The Morgan fingerprint density at radius 1 is 1.12 bits per heavy atom. The average Bonchev–Trinajstić information content (AvgIpc) is 2.48. The Kier molecular flexibility index (Phi) is 3.72. The Balaban J connectivity index is 2.22. The van der Waals surface area contributed by atoms with E-state index in [2.05, 4.69) is 5.32 Å². The van der Waals surface area contributed by atoms with Crippen molar-refractivity contribution >= 4 is 23.8 Å². The molecular weight excluding hydrogens is 322 g/mol. The molecule has 9 heteroatoms. The third-order valence-corrected chi connectivity index (χ3v) is 3.55. The number of aliphatic hydroxyl groups is 1. The fourth-order valence-corrected chi connectivity index (χ4v) is 2.44. The summed E-state index contributed by atoms with van der Waals surface area (Å²) in [6.45, 7) is 2.01. The van der Waals surface area contributed by atoms with Crippen molar-refractivity contribution in [3.8, 4) is 17.2 Å². The summed E-state index contributed by atoms with van der Waals surface area (Å²) in [5, 5.41) is 12.8. The second-order valence-corrected chi connectivity index (χ2v) is 5.35. The van der Waals surface area contributed by atoms with E-state index in [9.17, 15) is 24.3 Å². The molecule has 1 aromatic rings. The second-order valence-electron chi connectivity index (χ2n) is 5.35. The summed E-state index contributed by atoms with van der Waals surface area (Å²) in [6, 6.07) is 2.53. The minimum Gasteiger partial charge on any atom is -0.422 e. The number of hydrogen-bond donors (Lipinski definition) is 2. The van der Waals surface area contributed by atoms with E-state index in [-0.39, 0.29) is 17.1 Å². The maximum Gasteiger partial charge on any atom is 0.345 e. The van der Waals surface area contributed by atoms with Crippen LogP contribution >= 0.6 is 0 Å². The van der Waals surface area contributed by atoms with E-state index in [0.717, 1.165) is 0 Å². The number of benzene rings is 1. The minimum absolute atomic E-state index is 0.0705. The van der Waals surface area contributed by atoms with Crippen molar-refractivity contribution in [2.45, 2.75) is 25.4 Å². The molecule has 0 saturated heterocycles. The maximum absolute atomic E-state index is 12.2. The lowest BCUT2D eigenvalue weighted by Crippen LogP contribution is -2.49. The van der Waals surface area contributed by atoms with Crippen LogP contribution in [0.4, 0.5) is 0 Å². The molecule has 0 aromatic heterocycles. The molecule has 0 aliphatic carbocycles. The summed E-state index contributed by atoms with van der Waals surface area (Å²) in [5.41, 5.74) is -2.45. The van der Waals surface area contributed by atoms with Crippen LogP contribution in [0.5, 0.6) is 17.2 Å². The third-order valence-electron chi connectivity index (χ3n) is 3.55. The van der Waals surface area contributed by atoms with Gasteiger partial charge in [0.1, 0.15) is 0 Å². The molecule has 1 unspecified atom stereocenters. The van der Waals surface area contributed by atoms with E-state index in [0.29, 0.717) is 6.54 Å². The zero-order chi connectivity index (χ0) is 17.5. The van der Waals surface area contributed by atoms with Crippen molar-refractivity contribution in [2.24, 2.45) is 0 Å². The first-order valence-electron chi connectivity index (χ1n) is 7.15. The van der Waals surface area contributed by atoms with Crippen LogP contribution in [0.2, 0.25) is 0 Å². The van der Waals surface area contributed by atoms with E-state index in [1.165, 1.54) is 12.1 Å². The van der Waals surface area contributed by atoms with Gasteiger partial charge in [-0.25, -0.2) is 4.79 Å². The number of fused-ring (bicyclic) bond motifs is 2. The summed E-state index contributed by atoms with van der Waals surface area (Å²) < 4.78 is 15.2. The van der Waals surface area contributed by atoms with Crippen molar-refractivity contribution < 1.29 is 38.5 Å².